The molecule has 0 radical (unpaired) electrons. The van der Waals surface area contributed by atoms with E-state index >= 15 is 0 Å². The first-order valence-electron chi connectivity index (χ1n) is 12.1. The number of nitrogens with one attached hydrogen (secondary N) is 1. The summed E-state index contributed by atoms with van der Waals surface area (Å²) in [6.07, 6.45) is 0. The quantitative estimate of drug-likeness (QED) is 0.310. The zero-order valence-corrected chi connectivity index (χ0v) is 24.8. The lowest BCUT2D eigenvalue weighted by atomic mass is 10.1. The maximum atomic E-state index is 13.8. The van der Waals surface area contributed by atoms with E-state index in [1.54, 1.807) is 68.6 Å². The molecule has 0 heterocycles. The van der Waals surface area contributed by atoms with Crippen LogP contribution in [-0.2, 0) is 26.2 Å². The highest BCUT2D eigenvalue weighted by Gasteiger charge is 2.32. The van der Waals surface area contributed by atoms with Gasteiger partial charge in [0.15, 0.2) is 0 Å². The van der Waals surface area contributed by atoms with Gasteiger partial charge in [-0.05, 0) is 97.5 Å². The predicted octanol–water partition coefficient (Wildman–Crippen LogP) is 4.44. The van der Waals surface area contributed by atoms with Crippen LogP contribution in [-0.4, -0.2) is 50.9 Å². The Kier molecular flexibility index (Phi) is 10.1. The number of rotatable bonds is 11. The summed E-state index contributed by atoms with van der Waals surface area (Å²) < 4.78 is 34.7. The number of sulfonamides is 1. The molecule has 0 spiro atoms. The van der Waals surface area contributed by atoms with Gasteiger partial charge in [0.05, 0.1) is 17.7 Å². The van der Waals surface area contributed by atoms with Crippen LogP contribution in [0, 0.1) is 3.57 Å². The summed E-state index contributed by atoms with van der Waals surface area (Å²) in [5.74, 6) is -0.171. The summed E-state index contributed by atoms with van der Waals surface area (Å²) in [6.45, 7) is 4.95. The maximum absolute atomic E-state index is 13.8. The maximum Gasteiger partial charge on any atom is 0.264 e. The van der Waals surface area contributed by atoms with Crippen LogP contribution in [0.1, 0.15) is 26.3 Å². The number of benzene rings is 3. The first kappa shape index (κ1) is 29.4. The Morgan fingerprint density at radius 3 is 2.08 bits per heavy atom. The van der Waals surface area contributed by atoms with Gasteiger partial charge in [-0.3, -0.25) is 13.9 Å². The standard InChI is InChI=1S/C28H32IN3O5S/c1-20(2)30-28(34)21(3)31(18-22-10-16-25(37-4)17-11-22)27(33)19-32(24-14-12-23(29)13-15-24)38(35,36)26-8-6-5-7-9-26/h5-17,20-21H,18-19H2,1-4H3,(H,30,34)/t21-/m1/s1. The molecule has 0 aliphatic heterocycles. The number of carbonyl (C=O) groups is 2. The zero-order valence-electron chi connectivity index (χ0n) is 21.8. The number of methoxy groups -OCH3 is 1. The van der Waals surface area contributed by atoms with Gasteiger partial charge in [-0.1, -0.05) is 30.3 Å². The summed E-state index contributed by atoms with van der Waals surface area (Å²) in [5.41, 5.74) is 1.13. The van der Waals surface area contributed by atoms with Crippen LogP contribution in [0.5, 0.6) is 5.75 Å². The van der Waals surface area contributed by atoms with Gasteiger partial charge in [0.1, 0.15) is 18.3 Å². The molecule has 202 valence electrons. The summed E-state index contributed by atoms with van der Waals surface area (Å²) >= 11 is 2.13. The van der Waals surface area contributed by atoms with Crippen LogP contribution in [0.4, 0.5) is 5.69 Å². The molecule has 1 N–H and O–H groups in total. The van der Waals surface area contributed by atoms with Crippen molar-refractivity contribution in [3.63, 3.8) is 0 Å². The Labute approximate surface area is 238 Å². The average Bonchev–Trinajstić information content (AvgIpc) is 2.90. The molecule has 8 nitrogen and oxygen atoms in total. The van der Waals surface area contributed by atoms with Crippen LogP contribution < -0.4 is 14.4 Å². The highest BCUT2D eigenvalue weighted by Crippen LogP contribution is 2.25. The lowest BCUT2D eigenvalue weighted by Gasteiger charge is -2.32. The van der Waals surface area contributed by atoms with Crippen LogP contribution in [0.25, 0.3) is 0 Å². The van der Waals surface area contributed by atoms with Crippen molar-refractivity contribution in [2.24, 2.45) is 0 Å². The van der Waals surface area contributed by atoms with Crippen molar-refractivity contribution < 1.29 is 22.7 Å². The molecular formula is C28H32IN3O5S. The van der Waals surface area contributed by atoms with Gasteiger partial charge >= 0.3 is 0 Å². The number of ether oxygens (including phenoxy) is 1. The third-order valence-corrected chi connectivity index (χ3v) is 8.34. The molecule has 1 atom stereocenters. The van der Waals surface area contributed by atoms with Gasteiger partial charge in [-0.2, -0.15) is 0 Å². The van der Waals surface area contributed by atoms with Gasteiger partial charge in [0, 0.05) is 16.2 Å². The second-order valence-electron chi connectivity index (χ2n) is 9.01. The first-order valence-corrected chi connectivity index (χ1v) is 14.6. The van der Waals surface area contributed by atoms with E-state index in [1.807, 2.05) is 26.0 Å². The van der Waals surface area contributed by atoms with Crippen LogP contribution in [0.3, 0.4) is 0 Å². The summed E-state index contributed by atoms with van der Waals surface area (Å²) in [5, 5.41) is 2.84. The Bertz CT molecular complexity index is 1330. The summed E-state index contributed by atoms with van der Waals surface area (Å²) in [6, 6.07) is 21.1. The van der Waals surface area contributed by atoms with E-state index < -0.39 is 28.5 Å². The molecule has 0 fully saturated rings. The number of nitrogens with zero attached hydrogens (tertiary/aromatic N) is 2. The Morgan fingerprint density at radius 2 is 1.53 bits per heavy atom. The number of hydrogen-bond donors (Lipinski definition) is 1. The van der Waals surface area contributed by atoms with Gasteiger partial charge in [-0.25, -0.2) is 8.42 Å². The smallest absolute Gasteiger partial charge is 0.264 e. The van der Waals surface area contributed by atoms with Crippen molar-refractivity contribution >= 4 is 50.1 Å². The van der Waals surface area contributed by atoms with Crippen molar-refractivity contribution in [1.82, 2.24) is 10.2 Å². The normalized spacial score (nSPS) is 12.1. The third-order valence-electron chi connectivity index (χ3n) is 5.83. The predicted molar refractivity (Wildman–Crippen MR) is 156 cm³/mol. The molecule has 10 heteroatoms. The van der Waals surface area contributed by atoms with Crippen LogP contribution >= 0.6 is 22.6 Å². The van der Waals surface area contributed by atoms with E-state index in [0.29, 0.717) is 11.4 Å². The third kappa shape index (κ3) is 7.47. The topological polar surface area (TPSA) is 96.0 Å². The van der Waals surface area contributed by atoms with Crippen LogP contribution in [0.2, 0.25) is 0 Å². The molecule has 0 bridgehead atoms. The molecule has 0 aromatic heterocycles. The van der Waals surface area contributed by atoms with Crippen molar-refractivity contribution in [2.45, 2.75) is 44.3 Å². The van der Waals surface area contributed by atoms with E-state index in [1.165, 1.54) is 17.0 Å². The van der Waals surface area contributed by atoms with E-state index in [2.05, 4.69) is 27.9 Å². The van der Waals surface area contributed by atoms with Gasteiger partial charge in [-0.15, -0.1) is 0 Å². The number of hydrogen-bond acceptors (Lipinski definition) is 5. The number of anilines is 1. The van der Waals surface area contributed by atoms with Crippen molar-refractivity contribution in [3.05, 3.63) is 88.0 Å². The largest absolute Gasteiger partial charge is 0.497 e. The molecular weight excluding hydrogens is 617 g/mol. The minimum absolute atomic E-state index is 0.0682. The lowest BCUT2D eigenvalue weighted by Crippen LogP contribution is -2.52. The highest BCUT2D eigenvalue weighted by atomic mass is 127. The van der Waals surface area contributed by atoms with Gasteiger partial charge in [0.2, 0.25) is 11.8 Å². The molecule has 38 heavy (non-hydrogen) atoms. The monoisotopic (exact) mass is 649 g/mol. The minimum Gasteiger partial charge on any atom is -0.497 e. The van der Waals surface area contributed by atoms with E-state index in [4.69, 9.17) is 4.74 Å². The molecule has 3 aromatic carbocycles. The Hall–Kier alpha value is -3.12. The molecule has 0 aliphatic rings. The number of carbonyl (C=O) groups excluding carboxylic acids is 2. The fourth-order valence-electron chi connectivity index (χ4n) is 3.77. The zero-order chi connectivity index (χ0) is 27.9. The summed E-state index contributed by atoms with van der Waals surface area (Å²) in [4.78, 5) is 28.3. The Balaban J connectivity index is 2.00. The molecule has 0 saturated carbocycles. The molecule has 3 aromatic rings. The molecule has 0 unspecified atom stereocenters. The average molecular weight is 650 g/mol. The second kappa shape index (κ2) is 13.1. The van der Waals surface area contributed by atoms with Crippen molar-refractivity contribution in [2.75, 3.05) is 18.0 Å². The molecule has 0 saturated heterocycles. The number of amides is 2. The Morgan fingerprint density at radius 1 is 0.921 bits per heavy atom. The fourth-order valence-corrected chi connectivity index (χ4v) is 5.57. The van der Waals surface area contributed by atoms with Gasteiger partial charge in [0.25, 0.3) is 10.0 Å². The van der Waals surface area contributed by atoms with Crippen molar-refractivity contribution in [3.8, 4) is 5.75 Å². The molecule has 2 amide bonds. The fraction of sp³-hybridized carbons (Fsp3) is 0.286. The number of halogens is 1. The second-order valence-corrected chi connectivity index (χ2v) is 12.1. The SMILES string of the molecule is COc1ccc(CN(C(=O)CN(c2ccc(I)cc2)S(=O)(=O)c2ccccc2)[C@H](C)C(=O)NC(C)C)cc1. The van der Waals surface area contributed by atoms with Gasteiger partial charge < -0.3 is 15.0 Å². The molecule has 3 rings (SSSR count). The first-order chi connectivity index (χ1) is 18.0. The lowest BCUT2D eigenvalue weighted by molar-refractivity contribution is -0.139. The van der Waals surface area contributed by atoms with E-state index in [9.17, 15) is 18.0 Å². The van der Waals surface area contributed by atoms with E-state index in [-0.39, 0.29) is 23.4 Å². The van der Waals surface area contributed by atoms with E-state index in [0.717, 1.165) is 13.4 Å². The molecule has 0 aliphatic carbocycles. The highest BCUT2D eigenvalue weighted by molar-refractivity contribution is 14.1. The van der Waals surface area contributed by atoms with Crippen molar-refractivity contribution in [1.29, 1.82) is 0 Å². The minimum atomic E-state index is -4.08. The van der Waals surface area contributed by atoms with Crippen LogP contribution in [0.15, 0.2) is 83.8 Å². The summed E-state index contributed by atoms with van der Waals surface area (Å²) in [7, 11) is -2.51.